The van der Waals surface area contributed by atoms with Gasteiger partial charge in [0, 0.05) is 11.5 Å². The molecule has 2 aromatic carbocycles. The quantitative estimate of drug-likeness (QED) is 0.745. The Bertz CT molecular complexity index is 833. The van der Waals surface area contributed by atoms with E-state index in [9.17, 15) is 0 Å². The minimum Gasteiger partial charge on any atom is -0.389 e. The van der Waals surface area contributed by atoms with Crippen molar-refractivity contribution in [2.45, 2.75) is 26.3 Å². The topological polar surface area (TPSA) is 43.8 Å². The number of nitrogens with two attached hydrogens (primary N) is 1. The van der Waals surface area contributed by atoms with Gasteiger partial charge >= 0.3 is 0 Å². The van der Waals surface area contributed by atoms with Gasteiger partial charge in [-0.1, -0.05) is 62.5 Å². The zero-order valence-corrected chi connectivity index (χ0v) is 13.6. The van der Waals surface area contributed by atoms with Gasteiger partial charge in [-0.2, -0.15) is 0 Å². The van der Waals surface area contributed by atoms with Gasteiger partial charge in [0.25, 0.3) is 0 Å². The predicted octanol–water partition coefficient (Wildman–Crippen LogP) is 3.84. The van der Waals surface area contributed by atoms with E-state index in [1.165, 1.54) is 0 Å². The number of fused-ring (bicyclic) bond motifs is 1. The normalized spacial score (nSPS) is 11.2. The van der Waals surface area contributed by atoms with Crippen molar-refractivity contribution < 1.29 is 0 Å². The molecular formula is C18H19N3S. The Balaban J connectivity index is 2.15. The highest BCUT2D eigenvalue weighted by atomic mass is 32.1. The van der Waals surface area contributed by atoms with Gasteiger partial charge in [0.05, 0.1) is 17.6 Å². The third-order valence-corrected chi connectivity index (χ3v) is 4.03. The number of aromatic nitrogens is 2. The first kappa shape index (κ1) is 14.7. The largest absolute Gasteiger partial charge is 0.389 e. The fourth-order valence-electron chi connectivity index (χ4n) is 2.77. The van der Waals surface area contributed by atoms with Crippen LogP contribution in [0.5, 0.6) is 0 Å². The van der Waals surface area contributed by atoms with E-state index < -0.39 is 0 Å². The van der Waals surface area contributed by atoms with Crippen molar-refractivity contribution in [1.82, 2.24) is 9.55 Å². The molecule has 3 nitrogen and oxygen atoms in total. The molecule has 0 spiro atoms. The summed E-state index contributed by atoms with van der Waals surface area (Å²) in [6.07, 6.45) is 0. The molecule has 1 heterocycles. The van der Waals surface area contributed by atoms with Crippen LogP contribution in [0.25, 0.3) is 11.0 Å². The molecule has 0 fully saturated rings. The minimum atomic E-state index is 0.351. The molecular weight excluding hydrogens is 290 g/mol. The van der Waals surface area contributed by atoms with Crippen LogP contribution in [0.3, 0.4) is 0 Å². The number of hydrogen-bond donors (Lipinski definition) is 1. The van der Waals surface area contributed by atoms with Crippen LogP contribution in [-0.2, 0) is 6.54 Å². The molecule has 1 aromatic heterocycles. The Morgan fingerprint density at radius 1 is 1.14 bits per heavy atom. The van der Waals surface area contributed by atoms with Crippen molar-refractivity contribution in [3.8, 4) is 0 Å². The van der Waals surface area contributed by atoms with Crippen molar-refractivity contribution in [3.05, 3.63) is 65.5 Å². The van der Waals surface area contributed by atoms with E-state index in [2.05, 4.69) is 36.6 Å². The van der Waals surface area contributed by atoms with Gasteiger partial charge in [0.1, 0.15) is 10.8 Å². The molecule has 0 aliphatic heterocycles. The number of nitrogens with zero attached hydrogens (tertiary/aromatic N) is 2. The summed E-state index contributed by atoms with van der Waals surface area (Å²) in [5.74, 6) is 1.43. The molecule has 0 saturated heterocycles. The van der Waals surface area contributed by atoms with Gasteiger partial charge in [-0.3, -0.25) is 0 Å². The lowest BCUT2D eigenvalue weighted by molar-refractivity contribution is 0.683. The third kappa shape index (κ3) is 2.62. The third-order valence-electron chi connectivity index (χ3n) is 3.81. The molecule has 0 aliphatic carbocycles. The SMILES string of the molecule is CC(C)c1nc2ccccc2n1Cc1ccccc1C(N)=S. The van der Waals surface area contributed by atoms with Crippen LogP contribution in [0.1, 0.15) is 36.7 Å². The maximum absolute atomic E-state index is 5.86. The van der Waals surface area contributed by atoms with Crippen molar-refractivity contribution in [3.63, 3.8) is 0 Å². The van der Waals surface area contributed by atoms with Crippen LogP contribution in [0.15, 0.2) is 48.5 Å². The van der Waals surface area contributed by atoms with E-state index in [0.29, 0.717) is 10.9 Å². The monoisotopic (exact) mass is 309 g/mol. The molecule has 0 bridgehead atoms. The van der Waals surface area contributed by atoms with Crippen LogP contribution < -0.4 is 5.73 Å². The van der Waals surface area contributed by atoms with Crippen LogP contribution >= 0.6 is 12.2 Å². The van der Waals surface area contributed by atoms with E-state index in [4.69, 9.17) is 22.9 Å². The van der Waals surface area contributed by atoms with E-state index in [-0.39, 0.29) is 0 Å². The molecule has 0 atom stereocenters. The van der Waals surface area contributed by atoms with E-state index >= 15 is 0 Å². The molecule has 3 aromatic rings. The fourth-order valence-corrected chi connectivity index (χ4v) is 2.97. The maximum atomic E-state index is 5.86. The fraction of sp³-hybridized carbons (Fsp3) is 0.222. The summed E-state index contributed by atoms with van der Waals surface area (Å²) in [6, 6.07) is 16.3. The van der Waals surface area contributed by atoms with Crippen molar-refractivity contribution in [2.75, 3.05) is 0 Å². The average molecular weight is 309 g/mol. The molecule has 3 rings (SSSR count). The highest BCUT2D eigenvalue weighted by Crippen LogP contribution is 2.24. The first-order chi connectivity index (χ1) is 10.6. The number of hydrogen-bond acceptors (Lipinski definition) is 2. The van der Waals surface area contributed by atoms with Crippen LogP contribution in [0, 0.1) is 0 Å². The van der Waals surface area contributed by atoms with Gasteiger partial charge in [-0.05, 0) is 17.7 Å². The number of para-hydroxylation sites is 2. The lowest BCUT2D eigenvalue weighted by atomic mass is 10.1. The average Bonchev–Trinajstić information content (AvgIpc) is 2.87. The summed E-state index contributed by atoms with van der Waals surface area (Å²) in [7, 11) is 0. The minimum absolute atomic E-state index is 0.351. The molecule has 0 aliphatic rings. The summed E-state index contributed by atoms with van der Waals surface area (Å²) < 4.78 is 2.26. The molecule has 112 valence electrons. The first-order valence-corrected chi connectivity index (χ1v) is 7.81. The van der Waals surface area contributed by atoms with Crippen LogP contribution in [0.4, 0.5) is 0 Å². The Labute approximate surface area is 135 Å². The van der Waals surface area contributed by atoms with Gasteiger partial charge in [-0.25, -0.2) is 4.98 Å². The Kier molecular flexibility index (Phi) is 3.94. The lowest BCUT2D eigenvalue weighted by Gasteiger charge is -2.14. The molecule has 0 amide bonds. The Hall–Kier alpha value is -2.20. The van der Waals surface area contributed by atoms with Crippen molar-refractivity contribution in [1.29, 1.82) is 0 Å². The van der Waals surface area contributed by atoms with Gasteiger partial charge in [0.2, 0.25) is 0 Å². The smallest absolute Gasteiger partial charge is 0.112 e. The summed E-state index contributed by atoms with van der Waals surface area (Å²) in [4.78, 5) is 5.22. The van der Waals surface area contributed by atoms with Crippen LogP contribution in [0.2, 0.25) is 0 Å². The zero-order chi connectivity index (χ0) is 15.7. The first-order valence-electron chi connectivity index (χ1n) is 7.41. The van der Waals surface area contributed by atoms with Crippen LogP contribution in [-0.4, -0.2) is 14.5 Å². The van der Waals surface area contributed by atoms with E-state index in [1.54, 1.807) is 0 Å². The molecule has 4 heteroatoms. The standard InChI is InChI=1S/C18H19N3S/c1-12(2)18-20-15-9-5-6-10-16(15)21(18)11-13-7-3-4-8-14(13)17(19)22/h3-10,12H,11H2,1-2H3,(H2,19,22). The van der Waals surface area contributed by atoms with Gasteiger partial charge in [0.15, 0.2) is 0 Å². The predicted molar refractivity (Wildman–Crippen MR) is 95.3 cm³/mol. The number of rotatable bonds is 4. The molecule has 0 unspecified atom stereocenters. The van der Waals surface area contributed by atoms with E-state index in [0.717, 1.165) is 34.5 Å². The van der Waals surface area contributed by atoms with Gasteiger partial charge in [-0.15, -0.1) is 0 Å². The summed E-state index contributed by atoms with van der Waals surface area (Å²) in [5.41, 5.74) is 10.1. The summed E-state index contributed by atoms with van der Waals surface area (Å²) >= 11 is 5.18. The zero-order valence-electron chi connectivity index (χ0n) is 12.8. The lowest BCUT2D eigenvalue weighted by Crippen LogP contribution is -2.15. The van der Waals surface area contributed by atoms with Crippen molar-refractivity contribution in [2.24, 2.45) is 5.73 Å². The summed E-state index contributed by atoms with van der Waals surface area (Å²) in [5, 5.41) is 0. The molecule has 22 heavy (non-hydrogen) atoms. The van der Waals surface area contributed by atoms with Crippen molar-refractivity contribution >= 4 is 28.2 Å². The second-order valence-corrected chi connectivity index (χ2v) is 6.16. The molecule has 0 radical (unpaired) electrons. The molecule has 2 N–H and O–H groups in total. The molecule has 0 saturated carbocycles. The summed E-state index contributed by atoms with van der Waals surface area (Å²) in [6.45, 7) is 5.05. The second-order valence-electron chi connectivity index (χ2n) is 5.72. The second kappa shape index (κ2) is 5.89. The number of benzene rings is 2. The number of thiocarbonyl (C=S) groups is 1. The number of imidazole rings is 1. The van der Waals surface area contributed by atoms with Gasteiger partial charge < -0.3 is 10.3 Å². The highest BCUT2D eigenvalue weighted by Gasteiger charge is 2.15. The Morgan fingerprint density at radius 3 is 2.55 bits per heavy atom. The van der Waals surface area contributed by atoms with E-state index in [1.807, 2.05) is 30.3 Å². The Morgan fingerprint density at radius 2 is 1.82 bits per heavy atom. The maximum Gasteiger partial charge on any atom is 0.112 e. The highest BCUT2D eigenvalue weighted by molar-refractivity contribution is 7.80.